The van der Waals surface area contributed by atoms with Crippen molar-refractivity contribution in [2.45, 2.75) is 45.2 Å². The number of ether oxygens (including phenoxy) is 1. The zero-order chi connectivity index (χ0) is 20.1. The monoisotopic (exact) mass is 536 g/mol. The topological polar surface area (TPSA) is 66.7 Å². The lowest BCUT2D eigenvalue weighted by molar-refractivity contribution is -0.0120. The van der Waals surface area contributed by atoms with Gasteiger partial charge in [0.1, 0.15) is 0 Å². The van der Waals surface area contributed by atoms with Gasteiger partial charge in [0.2, 0.25) is 0 Å². The first-order chi connectivity index (χ1) is 13.4. The molecule has 1 aromatic rings. The first-order valence-electron chi connectivity index (χ1n) is 10.3. The Morgan fingerprint density at radius 3 is 2.62 bits per heavy atom. The van der Waals surface area contributed by atoms with Crippen LogP contribution in [0.1, 0.15) is 30.3 Å². The molecule has 1 aromatic heterocycles. The van der Waals surface area contributed by atoms with Crippen molar-refractivity contribution in [3.8, 4) is 0 Å². The Morgan fingerprint density at radius 1 is 1.34 bits per heavy atom. The lowest BCUT2D eigenvalue weighted by Crippen LogP contribution is -2.60. The van der Waals surface area contributed by atoms with Crippen LogP contribution in [0, 0.1) is 13.8 Å². The quantitative estimate of drug-likeness (QED) is 0.329. The van der Waals surface area contributed by atoms with Gasteiger partial charge in [-0.25, -0.2) is 0 Å². The molecule has 2 N–H and O–H groups in total. The molecule has 9 heteroatoms. The Morgan fingerprint density at radius 2 is 2.07 bits per heavy atom. The van der Waals surface area contributed by atoms with E-state index in [1.54, 1.807) is 0 Å². The molecule has 3 rings (SSSR count). The second-order valence-corrected chi connectivity index (χ2v) is 9.18. The molecule has 0 aliphatic carbocycles. The number of halogens is 1. The van der Waals surface area contributed by atoms with E-state index in [-0.39, 0.29) is 35.6 Å². The fraction of sp³-hybridized carbons (Fsp3) is 0.800. The first kappa shape index (κ1) is 24.7. The van der Waals surface area contributed by atoms with Crippen molar-refractivity contribution in [1.82, 2.24) is 25.3 Å². The van der Waals surface area contributed by atoms with Gasteiger partial charge < -0.3 is 15.4 Å². The van der Waals surface area contributed by atoms with E-state index in [4.69, 9.17) is 4.74 Å². The molecule has 2 saturated heterocycles. The summed E-state index contributed by atoms with van der Waals surface area (Å²) in [5, 5.41) is 11.7. The zero-order valence-corrected chi connectivity index (χ0v) is 21.6. The van der Waals surface area contributed by atoms with Crippen LogP contribution in [-0.2, 0) is 18.2 Å². The molecule has 0 amide bonds. The van der Waals surface area contributed by atoms with Gasteiger partial charge in [-0.05, 0) is 44.9 Å². The maximum Gasteiger partial charge on any atom is 0.191 e. The molecule has 0 spiro atoms. The summed E-state index contributed by atoms with van der Waals surface area (Å²) in [5.74, 6) is 3.30. The number of hydrogen-bond donors (Lipinski definition) is 2. The van der Waals surface area contributed by atoms with Gasteiger partial charge in [-0.15, -0.1) is 24.0 Å². The molecular formula is C20H37IN6OS. The lowest BCUT2D eigenvalue weighted by atomic mass is 9.95. The number of thioether (sulfide) groups is 1. The third-order valence-corrected chi connectivity index (χ3v) is 7.36. The van der Waals surface area contributed by atoms with E-state index in [0.29, 0.717) is 0 Å². The van der Waals surface area contributed by atoms with Crippen molar-refractivity contribution in [2.24, 2.45) is 12.0 Å². The normalized spacial score (nSPS) is 24.2. The highest BCUT2D eigenvalue weighted by Gasteiger charge is 2.40. The first-order valence-corrected chi connectivity index (χ1v) is 11.5. The van der Waals surface area contributed by atoms with E-state index >= 15 is 0 Å². The van der Waals surface area contributed by atoms with Crippen LogP contribution in [0.3, 0.4) is 0 Å². The summed E-state index contributed by atoms with van der Waals surface area (Å²) in [5.41, 5.74) is 3.90. The van der Waals surface area contributed by atoms with E-state index in [9.17, 15) is 0 Å². The van der Waals surface area contributed by atoms with Crippen LogP contribution >= 0.6 is 35.7 Å². The Balaban J connectivity index is 0.00000300. The average molecular weight is 537 g/mol. The summed E-state index contributed by atoms with van der Waals surface area (Å²) >= 11 is 2.06. The van der Waals surface area contributed by atoms with Gasteiger partial charge in [0, 0.05) is 56.8 Å². The second kappa shape index (κ2) is 11.2. The SMILES string of the molecule is CN=C(NCC1(N2CCOCC2)CCSC1)NC(C)Cc1c(C)nn(C)c1C.I. The number of rotatable bonds is 6. The number of nitrogens with one attached hydrogen (secondary N) is 2. The van der Waals surface area contributed by atoms with Gasteiger partial charge in [-0.1, -0.05) is 0 Å². The summed E-state index contributed by atoms with van der Waals surface area (Å²) in [4.78, 5) is 7.11. The van der Waals surface area contributed by atoms with Crippen LogP contribution in [0.4, 0.5) is 0 Å². The third-order valence-electron chi connectivity index (χ3n) is 6.13. The van der Waals surface area contributed by atoms with Crippen molar-refractivity contribution in [2.75, 3.05) is 51.4 Å². The van der Waals surface area contributed by atoms with Crippen LogP contribution < -0.4 is 10.6 Å². The number of hydrogen-bond acceptors (Lipinski definition) is 5. The van der Waals surface area contributed by atoms with Crippen molar-refractivity contribution >= 4 is 41.7 Å². The average Bonchev–Trinajstić information content (AvgIpc) is 3.27. The minimum absolute atomic E-state index is 0. The summed E-state index contributed by atoms with van der Waals surface area (Å²) < 4.78 is 7.54. The molecular weight excluding hydrogens is 499 g/mol. The highest BCUT2D eigenvalue weighted by Crippen LogP contribution is 2.33. The molecule has 166 valence electrons. The van der Waals surface area contributed by atoms with Crippen LogP contribution in [0.25, 0.3) is 0 Å². The van der Waals surface area contributed by atoms with Gasteiger partial charge in [0.25, 0.3) is 0 Å². The fourth-order valence-corrected chi connectivity index (χ4v) is 5.76. The maximum atomic E-state index is 5.57. The smallest absolute Gasteiger partial charge is 0.191 e. The number of aryl methyl sites for hydroxylation is 2. The summed E-state index contributed by atoms with van der Waals surface area (Å²) in [7, 11) is 3.86. The Labute approximate surface area is 196 Å². The van der Waals surface area contributed by atoms with Gasteiger partial charge in [0.05, 0.1) is 18.9 Å². The number of morpholine rings is 1. The standard InChI is InChI=1S/C20H36N6OS.HI/c1-15(12-18-16(2)24-25(5)17(18)3)23-19(21-4)22-13-20(6-11-28-14-20)26-7-9-27-10-8-26;/h15H,6-14H2,1-5H3,(H2,21,22,23);1H. The van der Waals surface area contributed by atoms with Crippen LogP contribution in [-0.4, -0.2) is 83.6 Å². The lowest BCUT2D eigenvalue weighted by Gasteiger charge is -2.43. The molecule has 29 heavy (non-hydrogen) atoms. The fourth-order valence-electron chi connectivity index (χ4n) is 4.28. The van der Waals surface area contributed by atoms with Gasteiger partial charge >= 0.3 is 0 Å². The van der Waals surface area contributed by atoms with E-state index in [1.165, 1.54) is 29.2 Å². The molecule has 0 aromatic carbocycles. The molecule has 0 radical (unpaired) electrons. The maximum absolute atomic E-state index is 5.57. The van der Waals surface area contributed by atoms with E-state index in [1.807, 2.05) is 18.8 Å². The molecule has 3 heterocycles. The minimum atomic E-state index is 0. The molecule has 2 atom stereocenters. The van der Waals surface area contributed by atoms with Crippen molar-refractivity contribution < 1.29 is 4.74 Å². The molecule has 0 bridgehead atoms. The van der Waals surface area contributed by atoms with Crippen LogP contribution in [0.5, 0.6) is 0 Å². The van der Waals surface area contributed by atoms with E-state index in [2.05, 4.69) is 58.2 Å². The number of guanidine groups is 1. The van der Waals surface area contributed by atoms with Gasteiger partial charge in [0.15, 0.2) is 5.96 Å². The van der Waals surface area contributed by atoms with Crippen LogP contribution in [0.15, 0.2) is 4.99 Å². The third kappa shape index (κ3) is 6.01. The van der Waals surface area contributed by atoms with Crippen molar-refractivity contribution in [3.63, 3.8) is 0 Å². The van der Waals surface area contributed by atoms with E-state index in [0.717, 1.165) is 50.9 Å². The minimum Gasteiger partial charge on any atom is -0.379 e. The number of nitrogens with zero attached hydrogens (tertiary/aromatic N) is 4. The summed E-state index contributed by atoms with van der Waals surface area (Å²) in [6.45, 7) is 11.1. The van der Waals surface area contributed by atoms with Crippen molar-refractivity contribution in [3.05, 3.63) is 17.0 Å². The summed E-state index contributed by atoms with van der Waals surface area (Å²) in [6.07, 6.45) is 2.17. The zero-order valence-electron chi connectivity index (χ0n) is 18.5. The Kier molecular flexibility index (Phi) is 9.56. The predicted molar refractivity (Wildman–Crippen MR) is 133 cm³/mol. The Hall–Kier alpha value is -0.520. The molecule has 7 nitrogen and oxygen atoms in total. The predicted octanol–water partition coefficient (Wildman–Crippen LogP) is 1.96. The Bertz CT molecular complexity index is 683. The second-order valence-electron chi connectivity index (χ2n) is 8.07. The highest BCUT2D eigenvalue weighted by molar-refractivity contribution is 14.0. The van der Waals surface area contributed by atoms with Crippen LogP contribution in [0.2, 0.25) is 0 Å². The van der Waals surface area contributed by atoms with Gasteiger partial charge in [-0.2, -0.15) is 16.9 Å². The molecule has 2 fully saturated rings. The molecule has 2 unspecified atom stereocenters. The largest absolute Gasteiger partial charge is 0.379 e. The van der Waals surface area contributed by atoms with Gasteiger partial charge in [-0.3, -0.25) is 14.6 Å². The van der Waals surface area contributed by atoms with E-state index < -0.39 is 0 Å². The number of aromatic nitrogens is 2. The highest BCUT2D eigenvalue weighted by atomic mass is 127. The van der Waals surface area contributed by atoms with Crippen molar-refractivity contribution in [1.29, 1.82) is 0 Å². The number of aliphatic imine (C=N–C) groups is 1. The molecule has 0 saturated carbocycles. The molecule has 2 aliphatic heterocycles. The summed E-state index contributed by atoms with van der Waals surface area (Å²) in [6, 6.07) is 0.282. The molecule has 2 aliphatic rings.